The van der Waals surface area contributed by atoms with Gasteiger partial charge in [0.05, 0.1) is 12.2 Å². The van der Waals surface area contributed by atoms with Crippen molar-refractivity contribution in [1.82, 2.24) is 25.1 Å². The molecular formula is C24H31N7O. The zero-order chi connectivity index (χ0) is 22.7. The molecule has 1 amide bonds. The van der Waals surface area contributed by atoms with Crippen LogP contribution in [0.25, 0.3) is 10.8 Å². The fourth-order valence-corrected chi connectivity index (χ4v) is 4.12. The van der Waals surface area contributed by atoms with Crippen LogP contribution in [0.3, 0.4) is 0 Å². The van der Waals surface area contributed by atoms with Crippen LogP contribution >= 0.6 is 0 Å². The standard InChI is InChI=1S/C24H31N7O/c1-16(2)10-12-31-22(28-29-24(31)30-11-6-8-19(25)15-30)23(32)26-14-21-20-9-5-4-7-18(20)13-17(3)27-21/h4-5,7,9-10,13,19H,6,8,11-12,14-15,25H2,1-3H3,(H,26,32). The van der Waals surface area contributed by atoms with E-state index in [1.807, 2.05) is 49.6 Å². The number of allylic oxidation sites excluding steroid dienone is 2. The highest BCUT2D eigenvalue weighted by molar-refractivity contribution is 5.91. The lowest BCUT2D eigenvalue weighted by Crippen LogP contribution is -2.44. The van der Waals surface area contributed by atoms with E-state index < -0.39 is 0 Å². The lowest BCUT2D eigenvalue weighted by atomic mass is 10.1. The van der Waals surface area contributed by atoms with Gasteiger partial charge in [0.2, 0.25) is 11.8 Å². The predicted octanol–water partition coefficient (Wildman–Crippen LogP) is 2.96. The summed E-state index contributed by atoms with van der Waals surface area (Å²) in [7, 11) is 0. The summed E-state index contributed by atoms with van der Waals surface area (Å²) >= 11 is 0. The summed E-state index contributed by atoms with van der Waals surface area (Å²) in [6.07, 6.45) is 4.08. The van der Waals surface area contributed by atoms with E-state index in [1.165, 1.54) is 5.57 Å². The Morgan fingerprint density at radius 2 is 2.09 bits per heavy atom. The highest BCUT2D eigenvalue weighted by Gasteiger charge is 2.25. The van der Waals surface area contributed by atoms with E-state index in [-0.39, 0.29) is 11.9 Å². The molecule has 0 spiro atoms. The van der Waals surface area contributed by atoms with Crippen molar-refractivity contribution in [2.75, 3.05) is 18.0 Å². The van der Waals surface area contributed by atoms with Gasteiger partial charge < -0.3 is 16.0 Å². The van der Waals surface area contributed by atoms with Crippen LogP contribution in [0.2, 0.25) is 0 Å². The van der Waals surface area contributed by atoms with E-state index in [2.05, 4.69) is 37.5 Å². The van der Waals surface area contributed by atoms with Crippen LogP contribution in [0, 0.1) is 6.92 Å². The highest BCUT2D eigenvalue weighted by Crippen LogP contribution is 2.21. The average molecular weight is 434 g/mol. The topological polar surface area (TPSA) is 102 Å². The average Bonchev–Trinajstić information content (AvgIpc) is 3.19. The number of fused-ring (bicyclic) bond motifs is 1. The van der Waals surface area contributed by atoms with Crippen LogP contribution in [-0.2, 0) is 13.1 Å². The van der Waals surface area contributed by atoms with Crippen molar-refractivity contribution in [3.8, 4) is 0 Å². The third-order valence-corrected chi connectivity index (χ3v) is 5.72. The summed E-state index contributed by atoms with van der Waals surface area (Å²) in [6.45, 7) is 8.47. The number of carbonyl (C=O) groups excluding carboxylic acids is 1. The molecule has 0 radical (unpaired) electrons. The summed E-state index contributed by atoms with van der Waals surface area (Å²) in [4.78, 5) is 19.9. The lowest BCUT2D eigenvalue weighted by Gasteiger charge is -2.31. The second kappa shape index (κ2) is 9.48. The molecule has 3 aromatic rings. The van der Waals surface area contributed by atoms with E-state index in [1.54, 1.807) is 0 Å². The van der Waals surface area contributed by atoms with Gasteiger partial charge in [0.1, 0.15) is 0 Å². The fourth-order valence-electron chi connectivity index (χ4n) is 4.12. The number of nitrogens with one attached hydrogen (secondary N) is 1. The molecule has 4 rings (SSSR count). The first-order valence-corrected chi connectivity index (χ1v) is 11.1. The number of aromatic nitrogens is 4. The minimum absolute atomic E-state index is 0.107. The summed E-state index contributed by atoms with van der Waals surface area (Å²) < 4.78 is 1.88. The fraction of sp³-hybridized carbons (Fsp3) is 0.417. The van der Waals surface area contributed by atoms with Crippen molar-refractivity contribution in [2.24, 2.45) is 5.73 Å². The number of hydrogen-bond donors (Lipinski definition) is 2. The molecule has 0 aliphatic carbocycles. The molecule has 168 valence electrons. The highest BCUT2D eigenvalue weighted by atomic mass is 16.2. The molecule has 1 atom stereocenters. The maximum Gasteiger partial charge on any atom is 0.289 e. The maximum atomic E-state index is 13.1. The molecule has 3 heterocycles. The number of rotatable bonds is 6. The Bertz CT molecular complexity index is 1150. The van der Waals surface area contributed by atoms with Crippen LogP contribution in [-0.4, -0.2) is 44.8 Å². The van der Waals surface area contributed by atoms with E-state index in [0.29, 0.717) is 31.4 Å². The molecule has 8 nitrogen and oxygen atoms in total. The van der Waals surface area contributed by atoms with Crippen LogP contribution in [0.15, 0.2) is 42.0 Å². The van der Waals surface area contributed by atoms with Crippen molar-refractivity contribution in [3.63, 3.8) is 0 Å². The van der Waals surface area contributed by atoms with Crippen molar-refractivity contribution < 1.29 is 4.79 Å². The van der Waals surface area contributed by atoms with Gasteiger partial charge in [-0.2, -0.15) is 0 Å². The third kappa shape index (κ3) is 4.80. The number of piperidine rings is 1. The van der Waals surface area contributed by atoms with Crippen LogP contribution in [0.1, 0.15) is 48.7 Å². The molecule has 1 aliphatic heterocycles. The molecule has 3 N–H and O–H groups in total. The van der Waals surface area contributed by atoms with E-state index in [0.717, 1.165) is 41.5 Å². The molecule has 32 heavy (non-hydrogen) atoms. The van der Waals surface area contributed by atoms with Gasteiger partial charge in [-0.25, -0.2) is 0 Å². The van der Waals surface area contributed by atoms with Gasteiger partial charge in [-0.15, -0.1) is 10.2 Å². The Morgan fingerprint density at radius 3 is 2.88 bits per heavy atom. The van der Waals surface area contributed by atoms with Gasteiger partial charge in [0.25, 0.3) is 5.91 Å². The largest absolute Gasteiger partial charge is 0.344 e. The predicted molar refractivity (Wildman–Crippen MR) is 127 cm³/mol. The number of nitrogens with two attached hydrogens (primary N) is 1. The van der Waals surface area contributed by atoms with Gasteiger partial charge in [-0.05, 0) is 45.1 Å². The van der Waals surface area contributed by atoms with Gasteiger partial charge >= 0.3 is 0 Å². The van der Waals surface area contributed by atoms with E-state index in [4.69, 9.17) is 5.73 Å². The summed E-state index contributed by atoms with van der Waals surface area (Å²) in [5.74, 6) is 0.732. The second-order valence-corrected chi connectivity index (χ2v) is 8.68. The van der Waals surface area contributed by atoms with Gasteiger partial charge in [0.15, 0.2) is 0 Å². The number of aryl methyl sites for hydroxylation is 1. The Balaban J connectivity index is 1.59. The van der Waals surface area contributed by atoms with E-state index >= 15 is 0 Å². The van der Waals surface area contributed by atoms with Crippen molar-refractivity contribution in [2.45, 2.75) is 52.7 Å². The second-order valence-electron chi connectivity index (χ2n) is 8.68. The van der Waals surface area contributed by atoms with Crippen molar-refractivity contribution in [3.05, 3.63) is 59.2 Å². The normalized spacial score (nSPS) is 16.2. The zero-order valence-electron chi connectivity index (χ0n) is 19.0. The first kappa shape index (κ1) is 22.0. The van der Waals surface area contributed by atoms with Crippen LogP contribution < -0.4 is 16.0 Å². The summed E-state index contributed by atoms with van der Waals surface area (Å²) in [6, 6.07) is 10.2. The quantitative estimate of drug-likeness (QED) is 0.580. The number of pyridine rings is 1. The number of amides is 1. The first-order chi connectivity index (χ1) is 15.4. The van der Waals surface area contributed by atoms with Crippen molar-refractivity contribution in [1.29, 1.82) is 0 Å². The number of carbonyl (C=O) groups is 1. The number of hydrogen-bond acceptors (Lipinski definition) is 6. The van der Waals surface area contributed by atoms with Crippen LogP contribution in [0.5, 0.6) is 0 Å². The van der Waals surface area contributed by atoms with Gasteiger partial charge in [-0.1, -0.05) is 35.9 Å². The molecule has 1 unspecified atom stereocenters. The van der Waals surface area contributed by atoms with Crippen molar-refractivity contribution >= 4 is 22.6 Å². The smallest absolute Gasteiger partial charge is 0.289 e. The first-order valence-electron chi connectivity index (χ1n) is 11.1. The molecule has 1 aromatic carbocycles. The molecule has 1 fully saturated rings. The SMILES string of the molecule is CC(C)=CCn1c(C(=O)NCc2nc(C)cc3ccccc23)nnc1N1CCCC(N)C1. The molecule has 2 aromatic heterocycles. The Kier molecular flexibility index (Phi) is 6.50. The lowest BCUT2D eigenvalue weighted by molar-refractivity contribution is 0.0936. The molecule has 1 aliphatic rings. The molecule has 0 saturated carbocycles. The maximum absolute atomic E-state index is 13.1. The Hall–Kier alpha value is -3.26. The monoisotopic (exact) mass is 433 g/mol. The Morgan fingerprint density at radius 1 is 1.28 bits per heavy atom. The Labute approximate surface area is 188 Å². The molecule has 0 bridgehead atoms. The van der Waals surface area contributed by atoms with Gasteiger partial charge in [-0.3, -0.25) is 14.3 Å². The minimum Gasteiger partial charge on any atom is -0.344 e. The summed E-state index contributed by atoms with van der Waals surface area (Å²) in [5, 5.41) is 13.8. The molecule has 8 heteroatoms. The number of anilines is 1. The number of benzene rings is 1. The third-order valence-electron chi connectivity index (χ3n) is 5.72. The summed E-state index contributed by atoms with van der Waals surface area (Å²) in [5.41, 5.74) is 9.10. The van der Waals surface area contributed by atoms with E-state index in [9.17, 15) is 4.79 Å². The molecular weight excluding hydrogens is 402 g/mol. The van der Waals surface area contributed by atoms with Gasteiger partial charge in [0, 0.05) is 36.8 Å². The van der Waals surface area contributed by atoms with Crippen LogP contribution in [0.4, 0.5) is 5.95 Å². The molecule has 1 saturated heterocycles. The zero-order valence-corrected chi connectivity index (χ0v) is 19.0. The number of nitrogens with zero attached hydrogens (tertiary/aromatic N) is 5. The minimum atomic E-state index is -0.264.